The van der Waals surface area contributed by atoms with Gasteiger partial charge >= 0.3 is 15.3 Å². The molecule has 0 N–H and O–H groups in total. The standard InChI is InChI=1S/C12H24O4Si/c1-6-9-11(17(14-4)15-5)10(7-2)16-12(13)8-3/h8,10-11,17H,3,6-7,9H2,1-2,4-5H3. The van der Waals surface area contributed by atoms with E-state index in [1.54, 1.807) is 14.2 Å². The van der Waals surface area contributed by atoms with Crippen molar-refractivity contribution in [3.05, 3.63) is 12.7 Å². The fraction of sp³-hybridized carbons (Fsp3) is 0.750. The van der Waals surface area contributed by atoms with Crippen molar-refractivity contribution in [3.63, 3.8) is 0 Å². The number of ether oxygens (including phenoxy) is 1. The first kappa shape index (κ1) is 16.3. The maximum Gasteiger partial charge on any atom is 0.330 e. The Bertz CT molecular complexity index is 229. The lowest BCUT2D eigenvalue weighted by Crippen LogP contribution is -2.36. The van der Waals surface area contributed by atoms with Crippen LogP contribution in [0.2, 0.25) is 5.54 Å². The molecule has 100 valence electrons. The molecule has 0 saturated carbocycles. The largest absolute Gasteiger partial charge is 0.459 e. The zero-order valence-corrected chi connectivity index (χ0v) is 12.4. The van der Waals surface area contributed by atoms with Gasteiger partial charge in [0.25, 0.3) is 0 Å². The lowest BCUT2D eigenvalue weighted by Gasteiger charge is -2.29. The van der Waals surface area contributed by atoms with E-state index in [4.69, 9.17) is 13.6 Å². The van der Waals surface area contributed by atoms with Crippen molar-refractivity contribution in [2.75, 3.05) is 14.2 Å². The minimum Gasteiger partial charge on any atom is -0.459 e. The van der Waals surface area contributed by atoms with Crippen molar-refractivity contribution < 1.29 is 18.4 Å². The fourth-order valence-corrected chi connectivity index (χ4v) is 4.15. The summed E-state index contributed by atoms with van der Waals surface area (Å²) in [5, 5.41) is 0. The molecule has 0 spiro atoms. The molecule has 2 unspecified atom stereocenters. The summed E-state index contributed by atoms with van der Waals surface area (Å²) < 4.78 is 16.2. The quantitative estimate of drug-likeness (QED) is 0.362. The molecule has 0 aliphatic rings. The summed E-state index contributed by atoms with van der Waals surface area (Å²) in [6.45, 7) is 7.52. The molecule has 4 nitrogen and oxygen atoms in total. The van der Waals surface area contributed by atoms with Gasteiger partial charge in [0, 0.05) is 25.8 Å². The maximum atomic E-state index is 11.3. The summed E-state index contributed by atoms with van der Waals surface area (Å²) in [5.41, 5.74) is 0.184. The lowest BCUT2D eigenvalue weighted by molar-refractivity contribution is -0.143. The van der Waals surface area contributed by atoms with Crippen molar-refractivity contribution >= 4 is 15.3 Å². The number of hydrogen-bond acceptors (Lipinski definition) is 4. The van der Waals surface area contributed by atoms with Crippen LogP contribution < -0.4 is 0 Å². The minimum atomic E-state index is -1.78. The first-order valence-electron chi connectivity index (χ1n) is 6.03. The van der Waals surface area contributed by atoms with Gasteiger partial charge in [-0.05, 0) is 12.8 Å². The van der Waals surface area contributed by atoms with Gasteiger partial charge in [0.1, 0.15) is 6.10 Å². The van der Waals surface area contributed by atoms with Crippen molar-refractivity contribution in [1.82, 2.24) is 0 Å². The Labute approximate surface area is 106 Å². The Morgan fingerprint density at radius 1 is 1.35 bits per heavy atom. The molecule has 0 aromatic carbocycles. The molecule has 0 heterocycles. The predicted molar refractivity (Wildman–Crippen MR) is 70.2 cm³/mol. The summed E-state index contributed by atoms with van der Waals surface area (Å²) in [4.78, 5) is 11.3. The van der Waals surface area contributed by atoms with E-state index >= 15 is 0 Å². The SMILES string of the molecule is C=CC(=O)OC(CC)C(CCC)[SiH](OC)OC. The molecular weight excluding hydrogens is 236 g/mol. The molecule has 0 bridgehead atoms. The Hall–Kier alpha value is -0.653. The summed E-state index contributed by atoms with van der Waals surface area (Å²) in [6, 6.07) is 0. The Balaban J connectivity index is 4.71. The van der Waals surface area contributed by atoms with E-state index < -0.39 is 9.28 Å². The van der Waals surface area contributed by atoms with Gasteiger partial charge < -0.3 is 13.6 Å². The molecular formula is C12H24O4Si. The van der Waals surface area contributed by atoms with Crippen LogP contribution in [0.1, 0.15) is 33.1 Å². The number of rotatable bonds is 9. The molecule has 17 heavy (non-hydrogen) atoms. The van der Waals surface area contributed by atoms with Gasteiger partial charge in [-0.15, -0.1) is 0 Å². The van der Waals surface area contributed by atoms with Gasteiger partial charge in [-0.3, -0.25) is 0 Å². The molecule has 0 aromatic heterocycles. The number of carbonyl (C=O) groups is 1. The van der Waals surface area contributed by atoms with Crippen LogP contribution in [0.25, 0.3) is 0 Å². The highest BCUT2D eigenvalue weighted by atomic mass is 28.3. The van der Waals surface area contributed by atoms with Crippen molar-refractivity contribution in [1.29, 1.82) is 0 Å². The molecule has 0 amide bonds. The summed E-state index contributed by atoms with van der Waals surface area (Å²) in [6.07, 6.45) is 3.78. The molecule has 5 heteroatoms. The Morgan fingerprint density at radius 3 is 2.29 bits per heavy atom. The molecule has 0 aromatic rings. The van der Waals surface area contributed by atoms with Gasteiger partial charge in [-0.2, -0.15) is 0 Å². The van der Waals surface area contributed by atoms with Crippen LogP contribution in [0.5, 0.6) is 0 Å². The van der Waals surface area contributed by atoms with Crippen LogP contribution in [0, 0.1) is 0 Å². The predicted octanol–water partition coefficient (Wildman–Crippen LogP) is 2.18. The highest BCUT2D eigenvalue weighted by Crippen LogP contribution is 2.27. The van der Waals surface area contributed by atoms with E-state index in [0.29, 0.717) is 0 Å². The van der Waals surface area contributed by atoms with E-state index in [0.717, 1.165) is 19.3 Å². The zero-order chi connectivity index (χ0) is 13.3. The molecule has 0 aliphatic carbocycles. The normalized spacial score (nSPS) is 14.4. The van der Waals surface area contributed by atoms with Gasteiger partial charge in [0.2, 0.25) is 0 Å². The molecule has 0 saturated heterocycles. The first-order chi connectivity index (χ1) is 8.14. The molecule has 2 atom stereocenters. The second kappa shape index (κ2) is 9.38. The van der Waals surface area contributed by atoms with Gasteiger partial charge in [-0.1, -0.05) is 26.8 Å². The summed E-state index contributed by atoms with van der Waals surface area (Å²) in [7, 11) is 1.53. The number of carbonyl (C=O) groups excluding carboxylic acids is 1. The molecule has 0 fully saturated rings. The zero-order valence-electron chi connectivity index (χ0n) is 11.3. The highest BCUT2D eigenvalue weighted by Gasteiger charge is 2.32. The third-order valence-electron chi connectivity index (χ3n) is 2.75. The Kier molecular flexibility index (Phi) is 9.02. The van der Waals surface area contributed by atoms with Crippen molar-refractivity contribution in [3.8, 4) is 0 Å². The Morgan fingerprint density at radius 2 is 1.94 bits per heavy atom. The molecule has 0 aliphatic heterocycles. The van der Waals surface area contributed by atoms with Crippen LogP contribution in [-0.2, 0) is 18.4 Å². The van der Waals surface area contributed by atoms with Crippen LogP contribution in [-0.4, -0.2) is 35.6 Å². The third-order valence-corrected chi connectivity index (χ3v) is 5.14. The van der Waals surface area contributed by atoms with E-state index in [-0.39, 0.29) is 17.6 Å². The van der Waals surface area contributed by atoms with Crippen LogP contribution in [0.3, 0.4) is 0 Å². The highest BCUT2D eigenvalue weighted by molar-refractivity contribution is 6.46. The van der Waals surface area contributed by atoms with Crippen molar-refractivity contribution in [2.45, 2.75) is 44.8 Å². The summed E-state index contributed by atoms with van der Waals surface area (Å²) >= 11 is 0. The second-order valence-electron chi connectivity index (χ2n) is 3.88. The van der Waals surface area contributed by atoms with E-state index in [2.05, 4.69) is 13.5 Å². The smallest absolute Gasteiger partial charge is 0.330 e. The van der Waals surface area contributed by atoms with E-state index in [1.165, 1.54) is 6.08 Å². The van der Waals surface area contributed by atoms with Crippen LogP contribution in [0.4, 0.5) is 0 Å². The average Bonchev–Trinajstić information content (AvgIpc) is 2.36. The van der Waals surface area contributed by atoms with Crippen LogP contribution in [0.15, 0.2) is 12.7 Å². The monoisotopic (exact) mass is 260 g/mol. The fourth-order valence-electron chi connectivity index (χ4n) is 1.95. The molecule has 0 radical (unpaired) electrons. The minimum absolute atomic E-state index is 0.142. The first-order valence-corrected chi connectivity index (χ1v) is 7.64. The number of esters is 1. The van der Waals surface area contributed by atoms with Crippen LogP contribution >= 0.6 is 0 Å². The second-order valence-corrected chi connectivity index (χ2v) is 6.42. The molecule has 0 rings (SSSR count). The topological polar surface area (TPSA) is 44.8 Å². The van der Waals surface area contributed by atoms with E-state index in [1.807, 2.05) is 6.92 Å². The third kappa shape index (κ3) is 5.47. The van der Waals surface area contributed by atoms with Gasteiger partial charge in [0.15, 0.2) is 0 Å². The van der Waals surface area contributed by atoms with E-state index in [9.17, 15) is 4.79 Å². The van der Waals surface area contributed by atoms with Crippen molar-refractivity contribution in [2.24, 2.45) is 0 Å². The maximum absolute atomic E-state index is 11.3. The van der Waals surface area contributed by atoms with Gasteiger partial charge in [-0.25, -0.2) is 4.79 Å². The summed E-state index contributed by atoms with van der Waals surface area (Å²) in [5.74, 6) is -0.377. The number of hydrogen-bond donors (Lipinski definition) is 0. The average molecular weight is 260 g/mol. The van der Waals surface area contributed by atoms with Gasteiger partial charge in [0.05, 0.1) is 0 Å². The lowest BCUT2D eigenvalue weighted by atomic mass is 10.1.